The highest BCUT2D eigenvalue weighted by atomic mass is 32.2. The average Bonchev–Trinajstić information content (AvgIpc) is 3.33. The van der Waals surface area contributed by atoms with E-state index in [1.54, 1.807) is 24.3 Å². The number of rotatable bonds is 6. The Morgan fingerprint density at radius 3 is 2.28 bits per heavy atom. The van der Waals surface area contributed by atoms with Crippen molar-refractivity contribution in [3.63, 3.8) is 0 Å². The van der Waals surface area contributed by atoms with Crippen LogP contribution in [0.2, 0.25) is 0 Å². The van der Waals surface area contributed by atoms with Crippen molar-refractivity contribution >= 4 is 11.8 Å². The van der Waals surface area contributed by atoms with Gasteiger partial charge in [0.15, 0.2) is 0 Å². The van der Waals surface area contributed by atoms with E-state index in [1.807, 2.05) is 30.0 Å². The van der Waals surface area contributed by atoms with Crippen molar-refractivity contribution < 1.29 is 14.9 Å². The standard InChI is InChI=1S/C27H29NO3S/c29-21-7-3-19(4-8-21)25-18-31-26-17-22(30)9-12-24(26)27(25)20-5-10-23(11-6-20)32-16-15-28-13-1-2-14-28/h3-12,17,25,27,29-30H,1-2,13-16,18H2. The van der Waals surface area contributed by atoms with Gasteiger partial charge in [0.05, 0.1) is 6.61 Å². The van der Waals surface area contributed by atoms with Gasteiger partial charge < -0.3 is 19.8 Å². The summed E-state index contributed by atoms with van der Waals surface area (Å²) in [6, 6.07) is 21.8. The fraction of sp³-hybridized carbons (Fsp3) is 0.333. The average molecular weight is 448 g/mol. The first-order valence-corrected chi connectivity index (χ1v) is 12.4. The van der Waals surface area contributed by atoms with Crippen LogP contribution in [0.5, 0.6) is 17.2 Å². The summed E-state index contributed by atoms with van der Waals surface area (Å²) >= 11 is 1.92. The molecular weight excluding hydrogens is 418 g/mol. The zero-order valence-electron chi connectivity index (χ0n) is 18.1. The molecule has 0 spiro atoms. The second-order valence-corrected chi connectivity index (χ2v) is 9.84. The number of likely N-dealkylation sites (tertiary alicyclic amines) is 1. The van der Waals surface area contributed by atoms with Gasteiger partial charge in [-0.2, -0.15) is 0 Å². The zero-order valence-corrected chi connectivity index (χ0v) is 18.9. The molecule has 0 bridgehead atoms. The molecule has 2 atom stereocenters. The molecule has 3 aromatic carbocycles. The van der Waals surface area contributed by atoms with E-state index in [9.17, 15) is 10.2 Å². The van der Waals surface area contributed by atoms with E-state index in [0.717, 1.165) is 29.2 Å². The van der Waals surface area contributed by atoms with E-state index in [0.29, 0.717) is 6.61 Å². The van der Waals surface area contributed by atoms with Crippen LogP contribution in [0, 0.1) is 0 Å². The van der Waals surface area contributed by atoms with Crippen molar-refractivity contribution in [2.75, 3.05) is 32.0 Å². The maximum absolute atomic E-state index is 9.94. The zero-order chi connectivity index (χ0) is 21.9. The van der Waals surface area contributed by atoms with Gasteiger partial charge in [-0.1, -0.05) is 30.3 Å². The van der Waals surface area contributed by atoms with Gasteiger partial charge >= 0.3 is 0 Å². The first-order valence-electron chi connectivity index (χ1n) is 11.4. The van der Waals surface area contributed by atoms with Crippen molar-refractivity contribution in [1.29, 1.82) is 0 Å². The topological polar surface area (TPSA) is 52.9 Å². The summed E-state index contributed by atoms with van der Waals surface area (Å²) in [5.41, 5.74) is 3.46. The normalized spacial score (nSPS) is 20.6. The largest absolute Gasteiger partial charge is 0.508 e. The van der Waals surface area contributed by atoms with Crippen molar-refractivity contribution in [3.05, 3.63) is 83.4 Å². The predicted octanol–water partition coefficient (Wildman–Crippen LogP) is 5.59. The van der Waals surface area contributed by atoms with Crippen LogP contribution in [0.3, 0.4) is 0 Å². The molecule has 0 aliphatic carbocycles. The number of phenols is 2. The lowest BCUT2D eigenvalue weighted by atomic mass is 9.76. The van der Waals surface area contributed by atoms with E-state index in [-0.39, 0.29) is 23.3 Å². The number of hydrogen-bond donors (Lipinski definition) is 2. The van der Waals surface area contributed by atoms with E-state index in [2.05, 4.69) is 29.2 Å². The molecule has 2 heterocycles. The molecule has 0 amide bonds. The van der Waals surface area contributed by atoms with Crippen molar-refractivity contribution in [3.8, 4) is 17.2 Å². The first-order chi connectivity index (χ1) is 15.7. The van der Waals surface area contributed by atoms with Crippen molar-refractivity contribution in [1.82, 2.24) is 4.90 Å². The highest BCUT2D eigenvalue weighted by Crippen LogP contribution is 2.47. The number of hydrogen-bond acceptors (Lipinski definition) is 5. The lowest BCUT2D eigenvalue weighted by Crippen LogP contribution is -2.25. The second kappa shape index (κ2) is 9.47. The van der Waals surface area contributed by atoms with Crippen LogP contribution in [0.15, 0.2) is 71.6 Å². The molecule has 4 nitrogen and oxygen atoms in total. The van der Waals surface area contributed by atoms with Gasteiger partial charge in [-0.3, -0.25) is 0 Å². The molecule has 2 aliphatic heterocycles. The summed E-state index contributed by atoms with van der Waals surface area (Å²) in [6.07, 6.45) is 2.68. The van der Waals surface area contributed by atoms with Crippen LogP contribution in [0.25, 0.3) is 0 Å². The predicted molar refractivity (Wildman–Crippen MR) is 129 cm³/mol. The Hall–Kier alpha value is -2.63. The number of ether oxygens (including phenoxy) is 1. The van der Waals surface area contributed by atoms with E-state index < -0.39 is 0 Å². The summed E-state index contributed by atoms with van der Waals surface area (Å²) < 4.78 is 6.05. The number of nitrogens with zero attached hydrogens (tertiary/aromatic N) is 1. The minimum atomic E-state index is 0.118. The summed E-state index contributed by atoms with van der Waals surface area (Å²) in [5, 5.41) is 19.7. The Morgan fingerprint density at radius 1 is 0.844 bits per heavy atom. The Kier molecular flexibility index (Phi) is 6.28. The number of fused-ring (bicyclic) bond motifs is 1. The molecule has 0 saturated carbocycles. The van der Waals surface area contributed by atoms with Gasteiger partial charge in [0.2, 0.25) is 0 Å². The maximum Gasteiger partial charge on any atom is 0.126 e. The van der Waals surface area contributed by atoms with Gasteiger partial charge in [0.25, 0.3) is 0 Å². The number of aromatic hydroxyl groups is 2. The van der Waals surface area contributed by atoms with Crippen LogP contribution in [-0.4, -0.2) is 47.1 Å². The minimum Gasteiger partial charge on any atom is -0.508 e. The molecule has 166 valence electrons. The number of phenolic OH excluding ortho intramolecular Hbond substituents is 2. The van der Waals surface area contributed by atoms with Gasteiger partial charge in [0.1, 0.15) is 17.2 Å². The highest BCUT2D eigenvalue weighted by Gasteiger charge is 2.33. The molecule has 32 heavy (non-hydrogen) atoms. The van der Waals surface area contributed by atoms with Crippen LogP contribution >= 0.6 is 11.8 Å². The maximum atomic E-state index is 9.94. The lowest BCUT2D eigenvalue weighted by Gasteiger charge is -2.34. The fourth-order valence-corrected chi connectivity index (χ4v) is 5.80. The molecule has 5 heteroatoms. The Balaban J connectivity index is 1.39. The van der Waals surface area contributed by atoms with Crippen LogP contribution in [0.4, 0.5) is 0 Å². The van der Waals surface area contributed by atoms with Crippen LogP contribution < -0.4 is 4.74 Å². The molecule has 1 saturated heterocycles. The summed E-state index contributed by atoms with van der Waals surface area (Å²) in [6.45, 7) is 4.18. The molecule has 0 aromatic heterocycles. The highest BCUT2D eigenvalue weighted by molar-refractivity contribution is 7.99. The third-order valence-corrected chi connectivity index (χ3v) is 7.58. The van der Waals surface area contributed by atoms with E-state index in [1.165, 1.54) is 36.4 Å². The molecular formula is C27H29NO3S. The van der Waals surface area contributed by atoms with Crippen molar-refractivity contribution in [2.45, 2.75) is 29.6 Å². The summed E-state index contributed by atoms with van der Waals surface area (Å²) in [7, 11) is 0. The Labute approximate surface area is 193 Å². The number of benzene rings is 3. The SMILES string of the molecule is Oc1ccc(C2COc3cc(O)ccc3C2c2ccc(SCCN3CCCC3)cc2)cc1. The Bertz CT molecular complexity index is 1050. The monoisotopic (exact) mass is 447 g/mol. The minimum absolute atomic E-state index is 0.118. The summed E-state index contributed by atoms with van der Waals surface area (Å²) in [5.74, 6) is 2.59. The smallest absolute Gasteiger partial charge is 0.126 e. The quantitative estimate of drug-likeness (QED) is 0.482. The second-order valence-electron chi connectivity index (χ2n) is 8.68. The van der Waals surface area contributed by atoms with Gasteiger partial charge in [0, 0.05) is 40.7 Å². The number of thioether (sulfide) groups is 1. The van der Waals surface area contributed by atoms with Gasteiger partial charge in [-0.15, -0.1) is 11.8 Å². The molecule has 5 rings (SSSR count). The third kappa shape index (κ3) is 4.59. The molecule has 1 fully saturated rings. The molecule has 3 aromatic rings. The Morgan fingerprint density at radius 2 is 1.53 bits per heavy atom. The van der Waals surface area contributed by atoms with Crippen LogP contribution in [-0.2, 0) is 0 Å². The lowest BCUT2D eigenvalue weighted by molar-refractivity contribution is 0.247. The first kappa shape index (κ1) is 21.2. The van der Waals surface area contributed by atoms with Gasteiger partial charge in [-0.25, -0.2) is 0 Å². The molecule has 2 aliphatic rings. The van der Waals surface area contributed by atoms with Crippen molar-refractivity contribution in [2.24, 2.45) is 0 Å². The fourth-order valence-electron chi connectivity index (χ4n) is 4.89. The van der Waals surface area contributed by atoms with Gasteiger partial charge in [-0.05, 0) is 67.4 Å². The molecule has 2 N–H and O–H groups in total. The van der Waals surface area contributed by atoms with E-state index >= 15 is 0 Å². The van der Waals surface area contributed by atoms with Crippen LogP contribution in [0.1, 0.15) is 41.4 Å². The third-order valence-electron chi connectivity index (χ3n) is 6.59. The molecule has 0 radical (unpaired) electrons. The van der Waals surface area contributed by atoms with E-state index in [4.69, 9.17) is 4.74 Å². The molecule has 2 unspecified atom stereocenters. The summed E-state index contributed by atoms with van der Waals surface area (Å²) in [4.78, 5) is 3.85.